The van der Waals surface area contributed by atoms with Gasteiger partial charge in [-0.25, -0.2) is 0 Å². The van der Waals surface area contributed by atoms with Crippen molar-refractivity contribution >= 4 is 11.7 Å². The van der Waals surface area contributed by atoms with Gasteiger partial charge in [-0.1, -0.05) is 19.3 Å². The summed E-state index contributed by atoms with van der Waals surface area (Å²) in [5.41, 5.74) is -0.0105. The molecule has 144 valence electrons. The third-order valence-electron chi connectivity index (χ3n) is 8.32. The number of carbonyl (C=O) groups excluding carboxylic acids is 1. The molecular formula is C23H36N2O. The Morgan fingerprint density at radius 2 is 1.58 bits per heavy atom. The van der Waals surface area contributed by atoms with Crippen LogP contribution in [-0.2, 0) is 4.79 Å². The van der Waals surface area contributed by atoms with Gasteiger partial charge in [0.1, 0.15) is 5.84 Å². The fraction of sp³-hybridized carbons (Fsp3) is 0.913. The first-order chi connectivity index (χ1) is 12.7. The molecule has 5 fully saturated rings. The van der Waals surface area contributed by atoms with E-state index < -0.39 is 0 Å². The standard InChI is InChI=1S/C23H36N2O/c26-22(23-13-18-10-19(14-23)12-20(11-18)15-23)25(21-8-4-5-9-24-21)16-17-6-2-1-3-7-17/h17-20H,1-16H2. The summed E-state index contributed by atoms with van der Waals surface area (Å²) in [5.74, 6) is 4.90. The fourth-order valence-corrected chi connectivity index (χ4v) is 7.49. The summed E-state index contributed by atoms with van der Waals surface area (Å²) >= 11 is 0. The highest BCUT2D eigenvalue weighted by Gasteiger charge is 2.56. The Labute approximate surface area is 159 Å². The Morgan fingerprint density at radius 3 is 2.15 bits per heavy atom. The summed E-state index contributed by atoms with van der Waals surface area (Å²) < 4.78 is 0. The van der Waals surface area contributed by atoms with Gasteiger partial charge < -0.3 is 0 Å². The fourth-order valence-electron chi connectivity index (χ4n) is 7.49. The summed E-state index contributed by atoms with van der Waals surface area (Å²) in [5, 5.41) is 0. The van der Waals surface area contributed by atoms with Crippen LogP contribution >= 0.6 is 0 Å². The molecule has 0 saturated heterocycles. The van der Waals surface area contributed by atoms with Gasteiger partial charge in [0, 0.05) is 19.5 Å². The van der Waals surface area contributed by atoms with Crippen molar-refractivity contribution in [3.63, 3.8) is 0 Å². The van der Waals surface area contributed by atoms with E-state index in [0.717, 1.165) is 43.1 Å². The van der Waals surface area contributed by atoms with Gasteiger partial charge in [-0.05, 0) is 87.9 Å². The average Bonchev–Trinajstić information content (AvgIpc) is 2.66. The molecule has 0 aromatic rings. The zero-order valence-electron chi connectivity index (χ0n) is 16.4. The average molecular weight is 357 g/mol. The molecule has 3 nitrogen and oxygen atoms in total. The number of hydrogen-bond acceptors (Lipinski definition) is 2. The van der Waals surface area contributed by atoms with Crippen molar-refractivity contribution in [1.82, 2.24) is 4.90 Å². The molecule has 1 amide bonds. The molecule has 26 heavy (non-hydrogen) atoms. The second-order valence-corrected chi connectivity index (χ2v) is 10.4. The monoisotopic (exact) mass is 356 g/mol. The van der Waals surface area contributed by atoms with Crippen LogP contribution in [0.25, 0.3) is 0 Å². The van der Waals surface area contributed by atoms with Crippen LogP contribution in [0.3, 0.4) is 0 Å². The Morgan fingerprint density at radius 1 is 0.923 bits per heavy atom. The molecule has 0 aromatic carbocycles. The lowest BCUT2D eigenvalue weighted by Gasteiger charge is -2.56. The van der Waals surface area contributed by atoms with Gasteiger partial charge in [0.2, 0.25) is 5.91 Å². The molecular weight excluding hydrogens is 320 g/mol. The molecule has 0 aromatic heterocycles. The number of hydrogen-bond donors (Lipinski definition) is 0. The lowest BCUT2D eigenvalue weighted by atomic mass is 9.49. The van der Waals surface area contributed by atoms with Crippen LogP contribution in [-0.4, -0.2) is 29.7 Å². The molecule has 1 heterocycles. The first-order valence-electron chi connectivity index (χ1n) is 11.6. The minimum absolute atomic E-state index is 0.0105. The van der Waals surface area contributed by atoms with Crippen molar-refractivity contribution < 1.29 is 4.79 Å². The highest BCUT2D eigenvalue weighted by Crippen LogP contribution is 2.60. The third kappa shape index (κ3) is 3.14. The van der Waals surface area contributed by atoms with Gasteiger partial charge in [-0.3, -0.25) is 14.7 Å². The quantitative estimate of drug-likeness (QED) is 0.684. The number of aliphatic imine (C=N–C) groups is 1. The number of amides is 1. The van der Waals surface area contributed by atoms with Crippen molar-refractivity contribution in [2.24, 2.45) is 34.1 Å². The molecule has 4 bridgehead atoms. The topological polar surface area (TPSA) is 32.7 Å². The predicted octanol–water partition coefficient (Wildman–Crippen LogP) is 5.19. The predicted molar refractivity (Wildman–Crippen MR) is 105 cm³/mol. The first-order valence-corrected chi connectivity index (χ1v) is 11.6. The zero-order valence-corrected chi connectivity index (χ0v) is 16.4. The van der Waals surface area contributed by atoms with Crippen LogP contribution in [0.5, 0.6) is 0 Å². The van der Waals surface area contributed by atoms with Gasteiger partial charge in [0.15, 0.2) is 0 Å². The van der Waals surface area contributed by atoms with Crippen LogP contribution in [0.15, 0.2) is 4.99 Å². The van der Waals surface area contributed by atoms with E-state index in [-0.39, 0.29) is 5.41 Å². The molecule has 0 unspecified atom stereocenters. The number of rotatable bonds is 3. The molecule has 5 saturated carbocycles. The Bertz CT molecular complexity index is 539. The molecule has 0 N–H and O–H groups in total. The van der Waals surface area contributed by atoms with Crippen LogP contribution < -0.4 is 0 Å². The van der Waals surface area contributed by atoms with E-state index in [9.17, 15) is 4.79 Å². The summed E-state index contributed by atoms with van der Waals surface area (Å²) in [6, 6.07) is 0. The van der Waals surface area contributed by atoms with Crippen molar-refractivity contribution in [1.29, 1.82) is 0 Å². The van der Waals surface area contributed by atoms with Crippen LogP contribution in [0.2, 0.25) is 0 Å². The van der Waals surface area contributed by atoms with Crippen molar-refractivity contribution in [2.45, 2.75) is 89.9 Å². The molecule has 5 aliphatic carbocycles. The van der Waals surface area contributed by atoms with E-state index in [1.807, 2.05) is 0 Å². The lowest BCUT2D eigenvalue weighted by Crippen LogP contribution is -2.56. The van der Waals surface area contributed by atoms with E-state index in [1.165, 1.54) is 83.5 Å². The van der Waals surface area contributed by atoms with E-state index in [2.05, 4.69) is 4.90 Å². The Kier molecular flexibility index (Phi) is 4.61. The minimum atomic E-state index is -0.0105. The van der Waals surface area contributed by atoms with Crippen LogP contribution in [0.4, 0.5) is 0 Å². The van der Waals surface area contributed by atoms with Gasteiger partial charge in [0.25, 0.3) is 0 Å². The summed E-state index contributed by atoms with van der Waals surface area (Å²) in [7, 11) is 0. The lowest BCUT2D eigenvalue weighted by molar-refractivity contribution is -0.154. The summed E-state index contributed by atoms with van der Waals surface area (Å²) in [6.07, 6.45) is 18.0. The molecule has 0 radical (unpaired) electrons. The van der Waals surface area contributed by atoms with E-state index in [4.69, 9.17) is 4.99 Å². The van der Waals surface area contributed by atoms with Gasteiger partial charge in [-0.15, -0.1) is 0 Å². The molecule has 6 aliphatic rings. The van der Waals surface area contributed by atoms with Crippen molar-refractivity contribution in [2.75, 3.05) is 13.1 Å². The summed E-state index contributed by atoms with van der Waals surface area (Å²) in [4.78, 5) is 21.1. The van der Waals surface area contributed by atoms with Crippen molar-refractivity contribution in [3.8, 4) is 0 Å². The number of carbonyl (C=O) groups is 1. The van der Waals surface area contributed by atoms with Gasteiger partial charge in [-0.2, -0.15) is 0 Å². The smallest absolute Gasteiger partial charge is 0.234 e. The Balaban J connectivity index is 1.40. The van der Waals surface area contributed by atoms with Gasteiger partial charge >= 0.3 is 0 Å². The highest BCUT2D eigenvalue weighted by molar-refractivity contribution is 6.01. The Hall–Kier alpha value is -0.860. The van der Waals surface area contributed by atoms with Crippen molar-refractivity contribution in [3.05, 3.63) is 0 Å². The molecule has 3 heteroatoms. The largest absolute Gasteiger partial charge is 0.300 e. The number of nitrogens with zero attached hydrogens (tertiary/aromatic N) is 2. The molecule has 1 aliphatic heterocycles. The number of amidine groups is 1. The van der Waals surface area contributed by atoms with E-state index in [1.54, 1.807) is 0 Å². The minimum Gasteiger partial charge on any atom is -0.300 e. The third-order valence-corrected chi connectivity index (χ3v) is 8.32. The van der Waals surface area contributed by atoms with Gasteiger partial charge in [0.05, 0.1) is 5.41 Å². The first kappa shape index (κ1) is 17.3. The summed E-state index contributed by atoms with van der Waals surface area (Å²) in [6.45, 7) is 1.91. The maximum absolute atomic E-state index is 14.0. The maximum atomic E-state index is 14.0. The van der Waals surface area contributed by atoms with Crippen LogP contribution in [0.1, 0.15) is 89.9 Å². The molecule has 0 atom stereocenters. The second kappa shape index (κ2) is 6.95. The highest BCUT2D eigenvalue weighted by atomic mass is 16.2. The molecule has 6 rings (SSSR count). The molecule has 0 spiro atoms. The van der Waals surface area contributed by atoms with E-state index >= 15 is 0 Å². The normalized spacial score (nSPS) is 39.7. The van der Waals surface area contributed by atoms with Crippen LogP contribution in [0, 0.1) is 29.1 Å². The SMILES string of the molecule is O=C(N(CC1CCCCC1)C1=NCCCC1)C12CC3CC(CC(C3)C1)C2. The van der Waals surface area contributed by atoms with E-state index in [0.29, 0.717) is 11.8 Å². The second-order valence-electron chi connectivity index (χ2n) is 10.4. The maximum Gasteiger partial charge on any atom is 0.234 e. The zero-order chi connectivity index (χ0) is 17.6.